The molecule has 0 fully saturated rings. The molecular weight excluding hydrogens is 440 g/mol. The fraction of sp³-hybridized carbons (Fsp3) is 0.417. The fourth-order valence-corrected chi connectivity index (χ4v) is 6.32. The number of carbonyl (C=O) groups is 1. The number of aromatic nitrogens is 2. The first-order valence-corrected chi connectivity index (χ1v) is 12.7. The third-order valence-electron chi connectivity index (χ3n) is 5.74. The zero-order chi connectivity index (χ0) is 22.5. The molecule has 1 N–H and O–H groups in total. The number of thioether (sulfide) groups is 1. The molecule has 2 heterocycles. The molecule has 0 radical (unpaired) electrons. The predicted molar refractivity (Wildman–Crippen MR) is 129 cm³/mol. The number of rotatable bonds is 8. The minimum absolute atomic E-state index is 0.00497. The molecule has 0 bridgehead atoms. The number of nitrogens with zero attached hydrogens (tertiary/aromatic N) is 3. The smallest absolute Gasteiger partial charge is 0.263 e. The second-order valence-corrected chi connectivity index (χ2v) is 10.2. The van der Waals surface area contributed by atoms with Gasteiger partial charge in [0.2, 0.25) is 5.91 Å². The predicted octanol–water partition coefficient (Wildman–Crippen LogP) is 3.95. The number of amides is 1. The van der Waals surface area contributed by atoms with E-state index in [4.69, 9.17) is 10.2 Å². The van der Waals surface area contributed by atoms with Crippen LogP contribution in [0.3, 0.4) is 0 Å². The molecule has 6 nitrogen and oxygen atoms in total. The van der Waals surface area contributed by atoms with E-state index in [1.807, 2.05) is 24.3 Å². The van der Waals surface area contributed by atoms with Crippen LogP contribution in [0.15, 0.2) is 40.3 Å². The van der Waals surface area contributed by atoms with Gasteiger partial charge in [-0.2, -0.15) is 5.26 Å². The zero-order valence-corrected chi connectivity index (χ0v) is 19.7. The molecule has 1 aliphatic rings. The SMILES string of the molecule is CC1CCc2c(sc3nc(SCC(=O)NCCC#N)n(CCc4ccccc4)c(=O)c23)C1. The molecule has 1 aromatic carbocycles. The van der Waals surface area contributed by atoms with Crippen LogP contribution in [-0.4, -0.2) is 27.8 Å². The van der Waals surface area contributed by atoms with Gasteiger partial charge in [-0.25, -0.2) is 4.98 Å². The summed E-state index contributed by atoms with van der Waals surface area (Å²) >= 11 is 2.92. The Labute approximate surface area is 195 Å². The summed E-state index contributed by atoms with van der Waals surface area (Å²) in [6.45, 7) is 3.11. The molecular formula is C24H26N4O2S2. The third-order valence-corrected chi connectivity index (χ3v) is 7.86. The highest BCUT2D eigenvalue weighted by molar-refractivity contribution is 7.99. The van der Waals surface area contributed by atoms with E-state index < -0.39 is 0 Å². The van der Waals surface area contributed by atoms with E-state index in [1.165, 1.54) is 22.2 Å². The van der Waals surface area contributed by atoms with Crippen LogP contribution < -0.4 is 10.9 Å². The highest BCUT2D eigenvalue weighted by atomic mass is 32.2. The Kier molecular flexibility index (Phi) is 7.28. The van der Waals surface area contributed by atoms with Gasteiger partial charge in [-0.1, -0.05) is 49.0 Å². The maximum atomic E-state index is 13.6. The molecule has 166 valence electrons. The molecule has 1 atom stereocenters. The fourth-order valence-electron chi connectivity index (χ4n) is 4.04. The number of fused-ring (bicyclic) bond motifs is 3. The van der Waals surface area contributed by atoms with Crippen LogP contribution in [0.1, 0.15) is 35.8 Å². The van der Waals surface area contributed by atoms with Crippen LogP contribution in [0.25, 0.3) is 10.2 Å². The second-order valence-electron chi connectivity index (χ2n) is 8.17. The molecule has 32 heavy (non-hydrogen) atoms. The van der Waals surface area contributed by atoms with E-state index >= 15 is 0 Å². The summed E-state index contributed by atoms with van der Waals surface area (Å²) in [5, 5.41) is 12.7. The van der Waals surface area contributed by atoms with E-state index in [-0.39, 0.29) is 23.6 Å². The Morgan fingerprint density at radius 3 is 2.97 bits per heavy atom. The van der Waals surface area contributed by atoms with E-state index in [2.05, 4.69) is 24.4 Å². The largest absolute Gasteiger partial charge is 0.354 e. The van der Waals surface area contributed by atoms with Crippen LogP contribution in [0, 0.1) is 17.2 Å². The summed E-state index contributed by atoms with van der Waals surface area (Å²) in [5.74, 6) is 0.631. The number of carbonyl (C=O) groups excluding carboxylic acids is 1. The monoisotopic (exact) mass is 466 g/mol. The van der Waals surface area contributed by atoms with Gasteiger partial charge >= 0.3 is 0 Å². The average Bonchev–Trinajstić information content (AvgIpc) is 3.15. The minimum atomic E-state index is -0.159. The Morgan fingerprint density at radius 1 is 1.38 bits per heavy atom. The van der Waals surface area contributed by atoms with Gasteiger partial charge in [-0.05, 0) is 42.7 Å². The van der Waals surface area contributed by atoms with Gasteiger partial charge in [-0.3, -0.25) is 14.2 Å². The Hall–Kier alpha value is -2.63. The van der Waals surface area contributed by atoms with Gasteiger partial charge in [0.15, 0.2) is 5.16 Å². The maximum absolute atomic E-state index is 13.6. The first kappa shape index (κ1) is 22.6. The summed E-state index contributed by atoms with van der Waals surface area (Å²) in [6.07, 6.45) is 4.03. The number of nitrogens with one attached hydrogen (secondary N) is 1. The number of thiophene rings is 1. The highest BCUT2D eigenvalue weighted by Gasteiger charge is 2.25. The Morgan fingerprint density at radius 2 is 2.19 bits per heavy atom. The van der Waals surface area contributed by atoms with Crippen molar-refractivity contribution in [2.24, 2.45) is 5.92 Å². The van der Waals surface area contributed by atoms with Gasteiger partial charge in [-0.15, -0.1) is 11.3 Å². The van der Waals surface area contributed by atoms with Crippen molar-refractivity contribution >= 4 is 39.2 Å². The van der Waals surface area contributed by atoms with Crippen molar-refractivity contribution in [2.75, 3.05) is 12.3 Å². The summed E-state index contributed by atoms with van der Waals surface area (Å²) in [7, 11) is 0. The lowest BCUT2D eigenvalue weighted by atomic mass is 9.89. The van der Waals surface area contributed by atoms with Gasteiger partial charge in [0.05, 0.1) is 23.6 Å². The van der Waals surface area contributed by atoms with Crippen molar-refractivity contribution in [3.8, 4) is 6.07 Å². The van der Waals surface area contributed by atoms with Crippen LogP contribution >= 0.6 is 23.1 Å². The summed E-state index contributed by atoms with van der Waals surface area (Å²) < 4.78 is 1.74. The van der Waals surface area contributed by atoms with Crippen molar-refractivity contribution in [1.82, 2.24) is 14.9 Å². The first-order valence-electron chi connectivity index (χ1n) is 10.9. The molecule has 0 saturated carbocycles. The number of aryl methyl sites for hydroxylation is 2. The molecule has 1 aliphatic carbocycles. The van der Waals surface area contributed by atoms with Crippen molar-refractivity contribution in [1.29, 1.82) is 5.26 Å². The van der Waals surface area contributed by atoms with Crippen molar-refractivity contribution in [3.63, 3.8) is 0 Å². The third kappa shape index (κ3) is 5.05. The van der Waals surface area contributed by atoms with Crippen LogP contribution in [0.2, 0.25) is 0 Å². The van der Waals surface area contributed by atoms with Gasteiger partial charge in [0.1, 0.15) is 4.83 Å². The zero-order valence-electron chi connectivity index (χ0n) is 18.1. The molecule has 0 saturated heterocycles. The molecule has 0 aliphatic heterocycles. The molecule has 1 unspecified atom stereocenters. The maximum Gasteiger partial charge on any atom is 0.263 e. The molecule has 4 rings (SSSR count). The molecule has 3 aromatic rings. The van der Waals surface area contributed by atoms with Crippen LogP contribution in [0.5, 0.6) is 0 Å². The quantitative estimate of drug-likeness (QED) is 0.309. The lowest BCUT2D eigenvalue weighted by Crippen LogP contribution is -2.28. The van der Waals surface area contributed by atoms with Crippen molar-refractivity contribution in [3.05, 3.63) is 56.7 Å². The summed E-state index contributed by atoms with van der Waals surface area (Å²) in [6, 6.07) is 12.1. The molecule has 8 heteroatoms. The molecule has 1 amide bonds. The minimum Gasteiger partial charge on any atom is -0.354 e. The number of nitriles is 1. The van der Waals surface area contributed by atoms with E-state index in [9.17, 15) is 9.59 Å². The van der Waals surface area contributed by atoms with E-state index in [0.717, 1.165) is 41.5 Å². The summed E-state index contributed by atoms with van der Waals surface area (Å²) in [4.78, 5) is 32.7. The standard InChI is InChI=1S/C24H26N4O2S2/c1-16-8-9-18-19(14-16)32-22-21(18)23(30)28(13-10-17-6-3-2-4-7-17)24(27-22)31-15-20(29)26-12-5-11-25/h2-4,6-7,16H,5,8-10,12-15H2,1H3,(H,26,29). The topological polar surface area (TPSA) is 87.8 Å². The van der Waals surface area contributed by atoms with Crippen LogP contribution in [-0.2, 0) is 30.6 Å². The highest BCUT2D eigenvalue weighted by Crippen LogP contribution is 2.36. The van der Waals surface area contributed by atoms with Crippen molar-refractivity contribution in [2.45, 2.75) is 50.7 Å². The molecule has 2 aromatic heterocycles. The van der Waals surface area contributed by atoms with Crippen LogP contribution in [0.4, 0.5) is 0 Å². The number of hydrogen-bond acceptors (Lipinski definition) is 6. The first-order chi connectivity index (χ1) is 15.6. The summed E-state index contributed by atoms with van der Waals surface area (Å²) in [5.41, 5.74) is 2.34. The Balaban J connectivity index is 1.65. The lowest BCUT2D eigenvalue weighted by Gasteiger charge is -2.17. The Bertz CT molecular complexity index is 1210. The lowest BCUT2D eigenvalue weighted by molar-refractivity contribution is -0.118. The second kappa shape index (κ2) is 10.3. The van der Waals surface area contributed by atoms with Gasteiger partial charge in [0, 0.05) is 18.0 Å². The van der Waals surface area contributed by atoms with E-state index in [1.54, 1.807) is 15.9 Å². The van der Waals surface area contributed by atoms with E-state index in [0.29, 0.717) is 24.2 Å². The van der Waals surface area contributed by atoms with Crippen molar-refractivity contribution < 1.29 is 4.79 Å². The van der Waals surface area contributed by atoms with Gasteiger partial charge in [0.25, 0.3) is 5.56 Å². The van der Waals surface area contributed by atoms with Gasteiger partial charge < -0.3 is 5.32 Å². The number of hydrogen-bond donors (Lipinski definition) is 1. The molecule has 0 spiro atoms. The average molecular weight is 467 g/mol. The normalized spacial score (nSPS) is 15.3. The number of benzene rings is 1.